The van der Waals surface area contributed by atoms with Gasteiger partial charge in [-0.15, -0.1) is 0 Å². The SMILES string of the molecule is CCCNC(=O)c1cc(Nc2ccc(NC(C)=O)cc2)nc(-c2ccccc2)n1. The van der Waals surface area contributed by atoms with Crippen molar-refractivity contribution in [1.29, 1.82) is 0 Å². The predicted octanol–water partition coefficient (Wildman–Crippen LogP) is 3.99. The minimum Gasteiger partial charge on any atom is -0.351 e. The van der Waals surface area contributed by atoms with Crippen LogP contribution in [0.3, 0.4) is 0 Å². The van der Waals surface area contributed by atoms with Crippen LogP contribution in [0.15, 0.2) is 60.7 Å². The summed E-state index contributed by atoms with van der Waals surface area (Å²) in [7, 11) is 0. The Labute approximate surface area is 169 Å². The summed E-state index contributed by atoms with van der Waals surface area (Å²) in [6.07, 6.45) is 0.841. The van der Waals surface area contributed by atoms with Crippen molar-refractivity contribution in [1.82, 2.24) is 15.3 Å². The van der Waals surface area contributed by atoms with Gasteiger partial charge in [-0.25, -0.2) is 9.97 Å². The van der Waals surface area contributed by atoms with Crippen molar-refractivity contribution >= 4 is 29.0 Å². The van der Waals surface area contributed by atoms with Crippen LogP contribution in [0, 0.1) is 0 Å². The van der Waals surface area contributed by atoms with Crippen molar-refractivity contribution in [2.75, 3.05) is 17.2 Å². The zero-order valence-corrected chi connectivity index (χ0v) is 16.4. The van der Waals surface area contributed by atoms with Gasteiger partial charge in [-0.1, -0.05) is 37.3 Å². The highest BCUT2D eigenvalue weighted by Gasteiger charge is 2.13. The number of nitrogens with zero attached hydrogens (tertiary/aromatic N) is 2. The Kier molecular flexibility index (Phi) is 6.52. The fraction of sp³-hybridized carbons (Fsp3) is 0.182. The van der Waals surface area contributed by atoms with Crippen molar-refractivity contribution in [2.45, 2.75) is 20.3 Å². The van der Waals surface area contributed by atoms with Gasteiger partial charge >= 0.3 is 0 Å². The summed E-state index contributed by atoms with van der Waals surface area (Å²) >= 11 is 0. The van der Waals surface area contributed by atoms with Crippen LogP contribution in [0.1, 0.15) is 30.8 Å². The summed E-state index contributed by atoms with van der Waals surface area (Å²) in [5.41, 5.74) is 2.60. The molecule has 0 saturated carbocycles. The molecule has 0 fully saturated rings. The van der Waals surface area contributed by atoms with Gasteiger partial charge in [-0.2, -0.15) is 0 Å². The highest BCUT2D eigenvalue weighted by Crippen LogP contribution is 2.22. The largest absolute Gasteiger partial charge is 0.351 e. The Hall–Kier alpha value is -3.74. The number of hydrogen-bond acceptors (Lipinski definition) is 5. The van der Waals surface area contributed by atoms with Gasteiger partial charge in [0.15, 0.2) is 5.82 Å². The standard InChI is InChI=1S/C22H23N5O2/c1-3-13-23-22(29)19-14-20(27-21(26-19)16-7-5-4-6-8-16)25-18-11-9-17(10-12-18)24-15(2)28/h4-12,14H,3,13H2,1-2H3,(H,23,29)(H,24,28)(H,25,26,27). The lowest BCUT2D eigenvalue weighted by Crippen LogP contribution is -2.25. The molecule has 3 rings (SSSR count). The van der Waals surface area contributed by atoms with E-state index < -0.39 is 0 Å². The fourth-order valence-corrected chi connectivity index (χ4v) is 2.66. The van der Waals surface area contributed by atoms with Gasteiger partial charge in [-0.3, -0.25) is 9.59 Å². The topological polar surface area (TPSA) is 96.0 Å². The zero-order chi connectivity index (χ0) is 20.6. The maximum atomic E-state index is 12.5. The molecule has 29 heavy (non-hydrogen) atoms. The number of benzene rings is 2. The monoisotopic (exact) mass is 389 g/mol. The third-order valence-electron chi connectivity index (χ3n) is 4.00. The Morgan fingerprint density at radius 2 is 1.62 bits per heavy atom. The van der Waals surface area contributed by atoms with Crippen LogP contribution < -0.4 is 16.0 Å². The maximum Gasteiger partial charge on any atom is 0.270 e. The van der Waals surface area contributed by atoms with E-state index in [9.17, 15) is 9.59 Å². The lowest BCUT2D eigenvalue weighted by molar-refractivity contribution is -0.114. The van der Waals surface area contributed by atoms with E-state index in [0.717, 1.165) is 17.7 Å². The normalized spacial score (nSPS) is 10.3. The first-order valence-corrected chi connectivity index (χ1v) is 9.42. The van der Waals surface area contributed by atoms with Gasteiger partial charge in [-0.05, 0) is 30.7 Å². The smallest absolute Gasteiger partial charge is 0.270 e. The summed E-state index contributed by atoms with van der Waals surface area (Å²) in [5.74, 6) is 0.604. The average molecular weight is 389 g/mol. The Balaban J connectivity index is 1.90. The summed E-state index contributed by atoms with van der Waals surface area (Å²) in [4.78, 5) is 32.6. The Bertz CT molecular complexity index is 988. The Morgan fingerprint density at radius 1 is 0.931 bits per heavy atom. The molecule has 7 nitrogen and oxygen atoms in total. The molecule has 0 aliphatic heterocycles. The number of carbonyl (C=O) groups excluding carboxylic acids is 2. The lowest BCUT2D eigenvalue weighted by Gasteiger charge is -2.11. The van der Waals surface area contributed by atoms with Gasteiger partial charge in [0.2, 0.25) is 5.91 Å². The van der Waals surface area contributed by atoms with Gasteiger partial charge in [0.25, 0.3) is 5.91 Å². The first-order chi connectivity index (χ1) is 14.0. The van der Waals surface area contributed by atoms with Gasteiger partial charge < -0.3 is 16.0 Å². The molecule has 0 spiro atoms. The van der Waals surface area contributed by atoms with E-state index in [1.807, 2.05) is 49.4 Å². The van der Waals surface area contributed by atoms with E-state index in [-0.39, 0.29) is 11.8 Å². The number of rotatable bonds is 7. The van der Waals surface area contributed by atoms with E-state index in [1.165, 1.54) is 6.92 Å². The lowest BCUT2D eigenvalue weighted by atomic mass is 10.2. The molecule has 3 N–H and O–H groups in total. The summed E-state index contributed by atoms with van der Waals surface area (Å²) in [6.45, 7) is 4.04. The molecule has 2 aromatic carbocycles. The molecule has 0 bridgehead atoms. The maximum absolute atomic E-state index is 12.5. The van der Waals surface area contributed by atoms with E-state index in [1.54, 1.807) is 18.2 Å². The summed E-state index contributed by atoms with van der Waals surface area (Å²) in [5, 5.41) is 8.77. The summed E-state index contributed by atoms with van der Waals surface area (Å²) in [6, 6.07) is 18.4. The van der Waals surface area contributed by atoms with E-state index >= 15 is 0 Å². The second-order valence-electron chi connectivity index (χ2n) is 6.47. The van der Waals surface area contributed by atoms with Crippen molar-refractivity contribution in [2.24, 2.45) is 0 Å². The summed E-state index contributed by atoms with van der Waals surface area (Å²) < 4.78 is 0. The predicted molar refractivity (Wildman–Crippen MR) is 114 cm³/mol. The van der Waals surface area contributed by atoms with Gasteiger partial charge in [0, 0.05) is 36.5 Å². The molecule has 148 valence electrons. The van der Waals surface area contributed by atoms with Crippen molar-refractivity contribution < 1.29 is 9.59 Å². The minimum atomic E-state index is -0.240. The van der Waals surface area contributed by atoms with E-state index in [0.29, 0.717) is 29.6 Å². The number of aromatic nitrogens is 2. The average Bonchev–Trinajstić information content (AvgIpc) is 2.73. The number of anilines is 3. The number of nitrogens with one attached hydrogen (secondary N) is 3. The third kappa shape index (κ3) is 5.62. The number of hydrogen-bond donors (Lipinski definition) is 3. The second kappa shape index (κ2) is 9.45. The first kappa shape index (κ1) is 20.0. The van der Waals surface area contributed by atoms with Crippen LogP contribution >= 0.6 is 0 Å². The second-order valence-corrected chi connectivity index (χ2v) is 6.47. The van der Waals surface area contributed by atoms with Crippen LogP contribution in [0.5, 0.6) is 0 Å². The molecule has 3 aromatic rings. The highest BCUT2D eigenvalue weighted by atomic mass is 16.2. The fourth-order valence-electron chi connectivity index (χ4n) is 2.66. The van der Waals surface area contributed by atoms with Crippen molar-refractivity contribution in [3.05, 3.63) is 66.4 Å². The molecule has 7 heteroatoms. The molecule has 1 aromatic heterocycles. The highest BCUT2D eigenvalue weighted by molar-refractivity contribution is 5.93. The van der Waals surface area contributed by atoms with Crippen molar-refractivity contribution in [3.8, 4) is 11.4 Å². The van der Waals surface area contributed by atoms with Crippen LogP contribution in [-0.2, 0) is 4.79 Å². The van der Waals surface area contributed by atoms with Crippen molar-refractivity contribution in [3.63, 3.8) is 0 Å². The van der Waals surface area contributed by atoms with E-state index in [2.05, 4.69) is 25.9 Å². The van der Waals surface area contributed by atoms with E-state index in [4.69, 9.17) is 0 Å². The van der Waals surface area contributed by atoms with Crippen LogP contribution in [-0.4, -0.2) is 28.3 Å². The molecular formula is C22H23N5O2. The molecule has 0 radical (unpaired) electrons. The van der Waals surface area contributed by atoms with Crippen LogP contribution in [0.4, 0.5) is 17.2 Å². The minimum absolute atomic E-state index is 0.128. The van der Waals surface area contributed by atoms with Crippen LogP contribution in [0.2, 0.25) is 0 Å². The number of amides is 2. The van der Waals surface area contributed by atoms with Gasteiger partial charge in [0.05, 0.1) is 0 Å². The van der Waals surface area contributed by atoms with Gasteiger partial charge in [0.1, 0.15) is 11.5 Å². The zero-order valence-electron chi connectivity index (χ0n) is 16.4. The first-order valence-electron chi connectivity index (χ1n) is 9.42. The molecule has 0 atom stereocenters. The third-order valence-corrected chi connectivity index (χ3v) is 4.00. The Morgan fingerprint density at radius 3 is 2.28 bits per heavy atom. The molecule has 1 heterocycles. The number of carbonyl (C=O) groups is 2. The molecule has 0 saturated heterocycles. The van der Waals surface area contributed by atoms with Crippen LogP contribution in [0.25, 0.3) is 11.4 Å². The molecule has 0 unspecified atom stereocenters. The molecule has 2 amide bonds. The molecule has 0 aliphatic carbocycles. The quantitative estimate of drug-likeness (QED) is 0.568. The molecule has 0 aliphatic rings. The molecular weight excluding hydrogens is 366 g/mol.